The third kappa shape index (κ3) is 4.03. The van der Waals surface area contributed by atoms with E-state index in [1.165, 1.54) is 19.2 Å². The van der Waals surface area contributed by atoms with Gasteiger partial charge >= 0.3 is 6.03 Å². The highest BCUT2D eigenvalue weighted by atomic mass is 19.1. The Morgan fingerprint density at radius 1 is 1.31 bits per heavy atom. The second-order valence-electron chi connectivity index (χ2n) is 6.28. The zero-order chi connectivity index (χ0) is 21.1. The van der Waals surface area contributed by atoms with Crippen LogP contribution in [-0.4, -0.2) is 36.7 Å². The third-order valence-corrected chi connectivity index (χ3v) is 4.50. The van der Waals surface area contributed by atoms with Crippen LogP contribution in [0.15, 0.2) is 30.3 Å². The minimum absolute atomic E-state index is 0.0103. The summed E-state index contributed by atoms with van der Waals surface area (Å²) in [7, 11) is 1.27. The number of benzene rings is 2. The van der Waals surface area contributed by atoms with Gasteiger partial charge in [0.25, 0.3) is 0 Å². The van der Waals surface area contributed by atoms with Gasteiger partial charge in [-0.3, -0.25) is 4.79 Å². The van der Waals surface area contributed by atoms with Crippen LogP contribution >= 0.6 is 0 Å². The second kappa shape index (κ2) is 8.02. The smallest absolute Gasteiger partial charge is 0.319 e. The molecular weight excluding hydrogens is 386 g/mol. The molecule has 0 aromatic heterocycles. The average Bonchev–Trinajstić information content (AvgIpc) is 3.01. The summed E-state index contributed by atoms with van der Waals surface area (Å²) in [6, 6.07) is 5.57. The lowest BCUT2D eigenvalue weighted by atomic mass is 9.93. The van der Waals surface area contributed by atoms with Crippen LogP contribution in [0.1, 0.15) is 17.0 Å². The molecular formula is C19H16F2N4O4. The zero-order valence-corrected chi connectivity index (χ0v) is 15.1. The Balaban J connectivity index is 1.79. The van der Waals surface area contributed by atoms with Crippen LogP contribution in [0.5, 0.6) is 11.5 Å². The number of nitrogens with zero attached hydrogens (tertiary/aromatic N) is 1. The number of phenols is 1. The highest BCUT2D eigenvalue weighted by Crippen LogP contribution is 2.31. The standard InChI is InChI=1S/C19H16F2N4O4/c1-29-11-5-13(20)16(14(21)6-11)12-8-23-18(27)17(12)25-19(28)24-10-3-2-9(7-22)15(26)4-10/h2-6,12,17,26H,8H2,1H3,(H,23,27)(H2,24,25,28)/t12-,17-/m0/s1. The SMILES string of the molecule is COc1cc(F)c([C@@H]2CNC(=O)[C@H]2NC(=O)Nc2ccc(C#N)c(O)c2)c(F)c1. The summed E-state index contributed by atoms with van der Waals surface area (Å²) in [5.74, 6) is -3.70. The maximum atomic E-state index is 14.4. The summed E-state index contributed by atoms with van der Waals surface area (Å²) in [5, 5.41) is 25.7. The monoisotopic (exact) mass is 402 g/mol. The van der Waals surface area contributed by atoms with Gasteiger partial charge < -0.3 is 25.8 Å². The van der Waals surface area contributed by atoms with Gasteiger partial charge in [0.05, 0.1) is 12.7 Å². The van der Waals surface area contributed by atoms with Crippen LogP contribution in [0.25, 0.3) is 0 Å². The zero-order valence-electron chi connectivity index (χ0n) is 15.1. The Bertz CT molecular complexity index is 999. The van der Waals surface area contributed by atoms with Gasteiger partial charge in [-0.2, -0.15) is 5.26 Å². The van der Waals surface area contributed by atoms with E-state index >= 15 is 0 Å². The second-order valence-corrected chi connectivity index (χ2v) is 6.28. The normalized spacial score (nSPS) is 17.9. The van der Waals surface area contributed by atoms with Gasteiger partial charge in [-0.1, -0.05) is 0 Å². The molecule has 1 fully saturated rings. The molecule has 0 unspecified atom stereocenters. The number of aromatic hydroxyl groups is 1. The van der Waals surface area contributed by atoms with Gasteiger partial charge in [0.15, 0.2) is 0 Å². The molecule has 4 N–H and O–H groups in total. The van der Waals surface area contributed by atoms with Crippen molar-refractivity contribution < 1.29 is 28.2 Å². The molecule has 2 atom stereocenters. The number of carbonyl (C=O) groups is 2. The van der Waals surface area contributed by atoms with Gasteiger partial charge in [-0.25, -0.2) is 13.6 Å². The minimum Gasteiger partial charge on any atom is -0.506 e. The van der Waals surface area contributed by atoms with Crippen LogP contribution in [0.2, 0.25) is 0 Å². The number of hydrogen-bond acceptors (Lipinski definition) is 5. The number of methoxy groups -OCH3 is 1. The molecule has 0 spiro atoms. The van der Waals surface area contributed by atoms with Crippen LogP contribution in [0.3, 0.4) is 0 Å². The van der Waals surface area contributed by atoms with Crippen molar-refractivity contribution >= 4 is 17.6 Å². The molecule has 29 heavy (non-hydrogen) atoms. The van der Waals surface area contributed by atoms with Crippen molar-refractivity contribution in [2.24, 2.45) is 0 Å². The first kappa shape index (κ1) is 19.9. The predicted octanol–water partition coefficient (Wildman–Crippen LogP) is 1.95. The molecule has 3 rings (SSSR count). The molecule has 0 aliphatic carbocycles. The summed E-state index contributed by atoms with van der Waals surface area (Å²) in [4.78, 5) is 24.4. The molecule has 1 aliphatic heterocycles. The largest absolute Gasteiger partial charge is 0.506 e. The first-order chi connectivity index (χ1) is 13.8. The molecule has 1 heterocycles. The fourth-order valence-corrected chi connectivity index (χ4v) is 3.10. The molecule has 3 amide bonds. The number of urea groups is 1. The van der Waals surface area contributed by atoms with Gasteiger partial charge in [-0.05, 0) is 12.1 Å². The van der Waals surface area contributed by atoms with E-state index in [2.05, 4.69) is 16.0 Å². The Morgan fingerprint density at radius 2 is 2.00 bits per heavy atom. The first-order valence-corrected chi connectivity index (χ1v) is 8.45. The number of anilines is 1. The number of phenolic OH excluding ortho intramolecular Hbond substituents is 1. The summed E-state index contributed by atoms with van der Waals surface area (Å²) in [6.07, 6.45) is 0. The Kier molecular flexibility index (Phi) is 5.50. The molecule has 2 aromatic carbocycles. The van der Waals surface area contributed by atoms with Gasteiger partial charge in [0, 0.05) is 41.9 Å². The van der Waals surface area contributed by atoms with Gasteiger partial charge in [0.2, 0.25) is 5.91 Å². The third-order valence-electron chi connectivity index (χ3n) is 4.50. The molecule has 1 aliphatic rings. The number of ether oxygens (including phenoxy) is 1. The summed E-state index contributed by atoms with van der Waals surface area (Å²) >= 11 is 0. The van der Waals surface area contributed by atoms with E-state index in [1.54, 1.807) is 6.07 Å². The highest BCUT2D eigenvalue weighted by Gasteiger charge is 2.40. The fourth-order valence-electron chi connectivity index (χ4n) is 3.10. The quantitative estimate of drug-likeness (QED) is 0.623. The van der Waals surface area contributed by atoms with Crippen LogP contribution in [0.4, 0.5) is 19.3 Å². The van der Waals surface area contributed by atoms with E-state index in [1.807, 2.05) is 0 Å². The minimum atomic E-state index is -1.22. The van der Waals surface area contributed by atoms with E-state index in [-0.39, 0.29) is 34.9 Å². The number of nitriles is 1. The molecule has 10 heteroatoms. The van der Waals surface area contributed by atoms with Crippen molar-refractivity contribution in [2.45, 2.75) is 12.0 Å². The van der Waals surface area contributed by atoms with Gasteiger partial charge in [-0.15, -0.1) is 0 Å². The number of amides is 3. The molecule has 0 radical (unpaired) electrons. The lowest BCUT2D eigenvalue weighted by molar-refractivity contribution is -0.120. The highest BCUT2D eigenvalue weighted by molar-refractivity contribution is 5.95. The van der Waals surface area contributed by atoms with Crippen molar-refractivity contribution in [3.8, 4) is 17.6 Å². The van der Waals surface area contributed by atoms with Crippen LogP contribution in [-0.2, 0) is 4.79 Å². The maximum Gasteiger partial charge on any atom is 0.319 e. The maximum absolute atomic E-state index is 14.4. The summed E-state index contributed by atoms with van der Waals surface area (Å²) in [5.41, 5.74) is -0.155. The van der Waals surface area contributed by atoms with Crippen LogP contribution < -0.4 is 20.7 Å². The molecule has 0 saturated carbocycles. The number of carbonyl (C=O) groups excluding carboxylic acids is 2. The molecule has 1 saturated heterocycles. The number of rotatable bonds is 4. The lowest BCUT2D eigenvalue weighted by Crippen LogP contribution is -2.45. The Morgan fingerprint density at radius 3 is 2.59 bits per heavy atom. The summed E-state index contributed by atoms with van der Waals surface area (Å²) < 4.78 is 33.6. The van der Waals surface area contributed by atoms with Crippen molar-refractivity contribution in [3.63, 3.8) is 0 Å². The average molecular weight is 402 g/mol. The van der Waals surface area contributed by atoms with Gasteiger partial charge in [0.1, 0.15) is 35.2 Å². The molecule has 150 valence electrons. The van der Waals surface area contributed by atoms with Crippen molar-refractivity contribution in [3.05, 3.63) is 53.1 Å². The van der Waals surface area contributed by atoms with Crippen LogP contribution in [0, 0.1) is 23.0 Å². The van der Waals surface area contributed by atoms with E-state index in [9.17, 15) is 23.5 Å². The molecule has 2 aromatic rings. The fraction of sp³-hybridized carbons (Fsp3) is 0.211. The summed E-state index contributed by atoms with van der Waals surface area (Å²) in [6.45, 7) is -0.0679. The van der Waals surface area contributed by atoms with E-state index < -0.39 is 35.5 Å². The van der Waals surface area contributed by atoms with Crippen molar-refractivity contribution in [1.82, 2.24) is 10.6 Å². The van der Waals surface area contributed by atoms with Crippen molar-refractivity contribution in [2.75, 3.05) is 19.0 Å². The first-order valence-electron chi connectivity index (χ1n) is 8.45. The number of hydrogen-bond donors (Lipinski definition) is 4. The predicted molar refractivity (Wildman–Crippen MR) is 97.4 cm³/mol. The van der Waals surface area contributed by atoms with E-state index in [0.717, 1.165) is 18.2 Å². The Hall–Kier alpha value is -3.87. The van der Waals surface area contributed by atoms with Crippen molar-refractivity contribution in [1.29, 1.82) is 5.26 Å². The molecule has 0 bridgehead atoms. The van der Waals surface area contributed by atoms with E-state index in [4.69, 9.17) is 10.00 Å². The number of halogens is 2. The lowest BCUT2D eigenvalue weighted by Gasteiger charge is -2.20. The topological polar surface area (TPSA) is 123 Å². The van der Waals surface area contributed by atoms with E-state index in [0.29, 0.717) is 0 Å². The molecule has 8 nitrogen and oxygen atoms in total. The number of nitrogens with one attached hydrogen (secondary N) is 3. The Labute approximate surface area is 164 Å².